The summed E-state index contributed by atoms with van der Waals surface area (Å²) in [6.45, 7) is 4.82. The van der Waals surface area contributed by atoms with E-state index in [0.717, 1.165) is 27.9 Å². The van der Waals surface area contributed by atoms with Crippen LogP contribution in [0.5, 0.6) is 11.5 Å². The number of rotatable bonds is 6. The number of carbonyl (C=O) groups excluding carboxylic acids is 2. The number of amides is 2. The van der Waals surface area contributed by atoms with Gasteiger partial charge in [0.2, 0.25) is 0 Å². The normalized spacial score (nSPS) is 28.3. The van der Waals surface area contributed by atoms with Crippen LogP contribution in [0.25, 0.3) is 0 Å². The van der Waals surface area contributed by atoms with E-state index in [4.69, 9.17) is 9.47 Å². The topological polar surface area (TPSA) is 68.2 Å². The first-order chi connectivity index (χ1) is 13.5. The third kappa shape index (κ3) is 3.15. The zero-order valence-corrected chi connectivity index (χ0v) is 17.5. The molecule has 3 aliphatic carbocycles. The molecule has 1 aromatic carbocycles. The van der Waals surface area contributed by atoms with Crippen LogP contribution in [0.2, 0.25) is 0 Å². The minimum Gasteiger partial charge on any atom is -0.490 e. The van der Waals surface area contributed by atoms with Crippen molar-refractivity contribution in [1.82, 2.24) is 5.01 Å². The molecular weight excluding hydrogens is 424 g/mol. The quantitative estimate of drug-likeness (QED) is 0.378. The maximum absolute atomic E-state index is 12.8. The van der Waals surface area contributed by atoms with Crippen molar-refractivity contribution in [2.45, 2.75) is 26.7 Å². The summed E-state index contributed by atoms with van der Waals surface area (Å²) in [5, 5.41) is 5.33. The molecule has 28 heavy (non-hydrogen) atoms. The average molecular weight is 447 g/mol. The van der Waals surface area contributed by atoms with E-state index in [0.29, 0.717) is 24.7 Å². The molecule has 1 saturated heterocycles. The van der Waals surface area contributed by atoms with Crippen LogP contribution >= 0.6 is 15.9 Å². The summed E-state index contributed by atoms with van der Waals surface area (Å²) in [6.07, 6.45) is 7.69. The smallest absolute Gasteiger partial charge is 0.254 e. The SMILES string of the molecule is CCOc1cc(/C=N\N2C(=O)[C@H]3[C@H](C2=O)[C@H]2C=C[C@H]3CC2)cc(Br)c1OCC. The highest BCUT2D eigenvalue weighted by Gasteiger charge is 2.56. The fourth-order valence-electron chi connectivity index (χ4n) is 4.51. The second-order valence-electron chi connectivity index (χ2n) is 7.27. The lowest BCUT2D eigenvalue weighted by Crippen LogP contribution is -2.38. The Morgan fingerprint density at radius 3 is 2.21 bits per heavy atom. The Morgan fingerprint density at radius 1 is 1.07 bits per heavy atom. The molecule has 0 aromatic heterocycles. The van der Waals surface area contributed by atoms with E-state index in [1.807, 2.05) is 19.9 Å². The van der Waals surface area contributed by atoms with Crippen LogP contribution in [0.15, 0.2) is 33.9 Å². The summed E-state index contributed by atoms with van der Waals surface area (Å²) < 4.78 is 12.0. The second kappa shape index (κ2) is 7.70. The number of hydrazone groups is 1. The van der Waals surface area contributed by atoms with Gasteiger partial charge < -0.3 is 9.47 Å². The van der Waals surface area contributed by atoms with Crippen LogP contribution in [0.3, 0.4) is 0 Å². The van der Waals surface area contributed by atoms with Gasteiger partial charge in [0.15, 0.2) is 11.5 Å². The summed E-state index contributed by atoms with van der Waals surface area (Å²) in [6, 6.07) is 3.63. The predicted octanol–water partition coefficient (Wildman–Crippen LogP) is 3.78. The lowest BCUT2D eigenvalue weighted by atomic mass is 9.63. The lowest BCUT2D eigenvalue weighted by molar-refractivity contribution is -0.140. The first-order valence-electron chi connectivity index (χ1n) is 9.74. The van der Waals surface area contributed by atoms with E-state index in [2.05, 4.69) is 33.2 Å². The summed E-state index contributed by atoms with van der Waals surface area (Å²) in [4.78, 5) is 25.7. The molecule has 7 heteroatoms. The Hall–Kier alpha value is -2.15. The van der Waals surface area contributed by atoms with Gasteiger partial charge in [0.1, 0.15) is 0 Å². The molecule has 148 valence electrons. The zero-order chi connectivity index (χ0) is 19.8. The van der Waals surface area contributed by atoms with Crippen molar-refractivity contribution in [3.05, 3.63) is 34.3 Å². The van der Waals surface area contributed by atoms with Crippen LogP contribution in [0.1, 0.15) is 32.3 Å². The fraction of sp³-hybridized carbons (Fsp3) is 0.476. The third-order valence-electron chi connectivity index (χ3n) is 5.68. The van der Waals surface area contributed by atoms with Crippen LogP contribution < -0.4 is 9.47 Å². The number of nitrogens with zero attached hydrogens (tertiary/aromatic N) is 2. The molecule has 1 aliphatic heterocycles. The molecule has 0 N–H and O–H groups in total. The predicted molar refractivity (Wildman–Crippen MR) is 108 cm³/mol. The van der Waals surface area contributed by atoms with Gasteiger partial charge in [-0.25, -0.2) is 0 Å². The highest BCUT2D eigenvalue weighted by Crippen LogP contribution is 2.49. The van der Waals surface area contributed by atoms with Crippen molar-refractivity contribution in [3.8, 4) is 11.5 Å². The standard InChI is InChI=1S/C21H23BrN2O4/c1-3-27-16-10-12(9-15(22)19(16)28-4-2)11-23-24-20(25)17-13-5-6-14(8-7-13)18(17)21(24)26/h5-6,9-11,13-14,17-18H,3-4,7-8H2,1-2H3/b23-11-/t13-,14-,17+,18+/m0/s1. The molecule has 6 nitrogen and oxygen atoms in total. The maximum atomic E-state index is 12.8. The van der Waals surface area contributed by atoms with Gasteiger partial charge in [-0.3, -0.25) is 9.59 Å². The maximum Gasteiger partial charge on any atom is 0.254 e. The monoisotopic (exact) mass is 446 g/mol. The Kier molecular flexibility index (Phi) is 5.27. The zero-order valence-electron chi connectivity index (χ0n) is 15.9. The molecule has 0 spiro atoms. The van der Waals surface area contributed by atoms with Crippen LogP contribution in [-0.2, 0) is 9.59 Å². The van der Waals surface area contributed by atoms with E-state index < -0.39 is 0 Å². The molecule has 4 aliphatic rings. The molecule has 1 aromatic rings. The minimum absolute atomic E-state index is 0.163. The first-order valence-corrected chi connectivity index (χ1v) is 10.5. The third-order valence-corrected chi connectivity index (χ3v) is 6.27. The summed E-state index contributed by atoms with van der Waals surface area (Å²) in [5.74, 6) is 0.685. The molecule has 2 amide bonds. The molecule has 0 unspecified atom stereocenters. The molecule has 5 rings (SSSR count). The highest BCUT2D eigenvalue weighted by atomic mass is 79.9. The Morgan fingerprint density at radius 2 is 1.68 bits per heavy atom. The number of benzene rings is 1. The van der Waals surface area contributed by atoms with Gasteiger partial charge in [0, 0.05) is 0 Å². The van der Waals surface area contributed by atoms with Gasteiger partial charge in [-0.2, -0.15) is 10.1 Å². The Labute approximate surface area is 172 Å². The number of halogens is 1. The summed E-state index contributed by atoms with van der Waals surface area (Å²) >= 11 is 3.50. The van der Waals surface area contributed by atoms with Crippen molar-refractivity contribution in [1.29, 1.82) is 0 Å². The van der Waals surface area contributed by atoms with Crippen molar-refractivity contribution < 1.29 is 19.1 Å². The van der Waals surface area contributed by atoms with E-state index in [9.17, 15) is 9.59 Å². The minimum atomic E-state index is -0.251. The first kappa shape index (κ1) is 19.2. The average Bonchev–Trinajstić information content (AvgIpc) is 2.96. The van der Waals surface area contributed by atoms with Crippen molar-refractivity contribution in [2.24, 2.45) is 28.8 Å². The molecule has 2 fully saturated rings. The molecule has 1 saturated carbocycles. The largest absolute Gasteiger partial charge is 0.490 e. The van der Waals surface area contributed by atoms with Gasteiger partial charge >= 0.3 is 0 Å². The van der Waals surface area contributed by atoms with Crippen molar-refractivity contribution in [3.63, 3.8) is 0 Å². The molecule has 4 atom stereocenters. The highest BCUT2D eigenvalue weighted by molar-refractivity contribution is 9.10. The Balaban J connectivity index is 1.59. The van der Waals surface area contributed by atoms with Crippen LogP contribution in [-0.4, -0.2) is 36.3 Å². The van der Waals surface area contributed by atoms with Gasteiger partial charge in [-0.15, -0.1) is 0 Å². The van der Waals surface area contributed by atoms with Gasteiger partial charge in [-0.1, -0.05) is 12.2 Å². The molecular formula is C21H23BrN2O4. The lowest BCUT2D eigenvalue weighted by Gasteiger charge is -2.37. The van der Waals surface area contributed by atoms with Gasteiger partial charge in [-0.05, 0) is 72.2 Å². The van der Waals surface area contributed by atoms with E-state index in [1.54, 1.807) is 6.07 Å². The molecule has 1 heterocycles. The number of fused-ring (bicyclic) bond motifs is 1. The second-order valence-corrected chi connectivity index (χ2v) is 8.12. The number of imide groups is 1. The summed E-state index contributed by atoms with van der Waals surface area (Å²) in [5.41, 5.74) is 0.718. The number of carbonyl (C=O) groups is 2. The molecule has 0 radical (unpaired) electrons. The molecule has 2 bridgehead atoms. The number of ether oxygens (including phenoxy) is 2. The fourth-order valence-corrected chi connectivity index (χ4v) is 5.08. The number of hydrogen-bond donors (Lipinski definition) is 0. The number of hydrogen-bond acceptors (Lipinski definition) is 5. The van der Waals surface area contributed by atoms with E-state index in [1.165, 1.54) is 6.21 Å². The Bertz CT molecular complexity index is 834. The van der Waals surface area contributed by atoms with Gasteiger partial charge in [0.05, 0.1) is 35.7 Å². The number of allylic oxidation sites excluding steroid dienone is 2. The van der Waals surface area contributed by atoms with E-state index in [-0.39, 0.29) is 35.5 Å². The van der Waals surface area contributed by atoms with Crippen molar-refractivity contribution >= 4 is 34.0 Å². The van der Waals surface area contributed by atoms with Crippen LogP contribution in [0.4, 0.5) is 0 Å². The van der Waals surface area contributed by atoms with Gasteiger partial charge in [0.25, 0.3) is 11.8 Å². The van der Waals surface area contributed by atoms with Crippen LogP contribution in [0, 0.1) is 23.7 Å². The summed E-state index contributed by atoms with van der Waals surface area (Å²) in [7, 11) is 0. The van der Waals surface area contributed by atoms with E-state index >= 15 is 0 Å². The van der Waals surface area contributed by atoms with Crippen molar-refractivity contribution in [2.75, 3.05) is 13.2 Å².